The van der Waals surface area contributed by atoms with E-state index in [-0.39, 0.29) is 0 Å². The van der Waals surface area contributed by atoms with E-state index in [2.05, 4.69) is 13.1 Å². The van der Waals surface area contributed by atoms with E-state index >= 15 is 0 Å². The van der Waals surface area contributed by atoms with Gasteiger partial charge in [0.25, 0.3) is 5.56 Å². The molecular formula is C10H15Cl2N2O14P3. The van der Waals surface area contributed by atoms with E-state index in [0.29, 0.717) is 0 Å². The summed E-state index contributed by atoms with van der Waals surface area (Å²) < 4.78 is 51.7. The van der Waals surface area contributed by atoms with Crippen LogP contribution in [0.5, 0.6) is 0 Å². The molecule has 0 aliphatic carbocycles. The van der Waals surface area contributed by atoms with Gasteiger partial charge in [0, 0.05) is 12.3 Å². The Morgan fingerprint density at radius 2 is 1.77 bits per heavy atom. The van der Waals surface area contributed by atoms with Crippen molar-refractivity contribution in [3.63, 3.8) is 0 Å². The zero-order valence-corrected chi connectivity index (χ0v) is 19.0. The molecule has 0 saturated carbocycles. The number of aromatic nitrogens is 2. The molecule has 6 atom stereocenters. The molecule has 2 unspecified atom stereocenters. The lowest BCUT2D eigenvalue weighted by Gasteiger charge is -2.30. The zero-order chi connectivity index (χ0) is 23.8. The number of nitrogens with zero attached hydrogens (tertiary/aromatic N) is 1. The van der Waals surface area contributed by atoms with E-state index in [1.165, 1.54) is 0 Å². The smallest absolute Gasteiger partial charge is 0.388 e. The maximum absolute atomic E-state index is 11.9. The lowest BCUT2D eigenvalue weighted by molar-refractivity contribution is -0.112. The Morgan fingerprint density at radius 1 is 1.16 bits per heavy atom. The SMILES string of the molecule is O=c1ccn([C@@H]2O[C@](CCl)(COP(=O)(O)OP(=O)(O)OP(=O)(O)O)[C@@H](O)[C@H]2Cl)c(=O)[nH]1. The molecule has 6 N–H and O–H groups in total. The summed E-state index contributed by atoms with van der Waals surface area (Å²) >= 11 is 11.9. The number of aliphatic hydroxyl groups excluding tert-OH is 1. The van der Waals surface area contributed by atoms with Crippen LogP contribution in [0.25, 0.3) is 0 Å². The molecule has 31 heavy (non-hydrogen) atoms. The Balaban J connectivity index is 2.21. The van der Waals surface area contributed by atoms with Crippen LogP contribution in [-0.2, 0) is 31.6 Å². The molecule has 178 valence electrons. The van der Waals surface area contributed by atoms with Gasteiger partial charge in [-0.25, -0.2) is 18.5 Å². The Hall–Kier alpha value is -0.410. The van der Waals surface area contributed by atoms with Gasteiger partial charge in [0.05, 0.1) is 12.5 Å². The van der Waals surface area contributed by atoms with E-state index in [4.69, 9.17) is 42.6 Å². The molecule has 0 spiro atoms. The number of aromatic amines is 1. The van der Waals surface area contributed by atoms with Crippen molar-refractivity contribution in [1.29, 1.82) is 0 Å². The number of phosphoric acid groups is 3. The highest BCUT2D eigenvalue weighted by Gasteiger charge is 2.56. The van der Waals surface area contributed by atoms with Gasteiger partial charge >= 0.3 is 29.2 Å². The van der Waals surface area contributed by atoms with Crippen LogP contribution >= 0.6 is 46.7 Å². The number of phosphoric ester groups is 1. The molecule has 0 bridgehead atoms. The van der Waals surface area contributed by atoms with Gasteiger partial charge in [-0.3, -0.25) is 18.9 Å². The summed E-state index contributed by atoms with van der Waals surface area (Å²) in [4.78, 5) is 60.8. The fourth-order valence-corrected chi connectivity index (χ4v) is 6.20. The van der Waals surface area contributed by atoms with Gasteiger partial charge in [-0.1, -0.05) is 0 Å². The van der Waals surface area contributed by atoms with Crippen LogP contribution in [0.4, 0.5) is 0 Å². The molecule has 21 heteroatoms. The van der Waals surface area contributed by atoms with Crippen molar-refractivity contribution in [2.45, 2.75) is 23.3 Å². The topological polar surface area (TPSA) is 244 Å². The summed E-state index contributed by atoms with van der Waals surface area (Å²) in [5.74, 6) is -0.651. The molecule has 1 fully saturated rings. The van der Waals surface area contributed by atoms with E-state index in [1.54, 1.807) is 0 Å². The number of hydrogen-bond donors (Lipinski definition) is 6. The normalized spacial score (nSPS) is 30.6. The lowest BCUT2D eigenvalue weighted by Crippen LogP contribution is -2.47. The average molecular weight is 551 g/mol. The summed E-state index contributed by atoms with van der Waals surface area (Å²) in [6.07, 6.45) is -2.19. The van der Waals surface area contributed by atoms with Crippen molar-refractivity contribution in [3.05, 3.63) is 33.1 Å². The number of H-pyrrole nitrogens is 1. The highest BCUT2D eigenvalue weighted by atomic mass is 35.5. The van der Waals surface area contributed by atoms with Gasteiger partial charge in [-0.2, -0.15) is 8.62 Å². The maximum Gasteiger partial charge on any atom is 0.490 e. The van der Waals surface area contributed by atoms with Gasteiger partial charge in [-0.15, -0.1) is 23.2 Å². The van der Waals surface area contributed by atoms with Crippen LogP contribution in [0.2, 0.25) is 0 Å². The minimum atomic E-state index is -5.77. The molecule has 0 aromatic carbocycles. The molecule has 1 aliphatic heterocycles. The third-order valence-electron chi connectivity index (χ3n) is 3.71. The van der Waals surface area contributed by atoms with E-state index in [0.717, 1.165) is 16.8 Å². The van der Waals surface area contributed by atoms with Gasteiger partial charge in [0.15, 0.2) is 6.23 Å². The molecule has 1 aromatic rings. The molecule has 0 radical (unpaired) electrons. The number of halogens is 2. The van der Waals surface area contributed by atoms with E-state index < -0.39 is 70.5 Å². The summed E-state index contributed by atoms with van der Waals surface area (Å²) in [6.45, 7) is -1.11. The number of hydrogen-bond acceptors (Lipinski definition) is 10. The predicted molar refractivity (Wildman–Crippen MR) is 100 cm³/mol. The van der Waals surface area contributed by atoms with Crippen molar-refractivity contribution in [3.8, 4) is 0 Å². The summed E-state index contributed by atoms with van der Waals surface area (Å²) in [6, 6.07) is 0.952. The van der Waals surface area contributed by atoms with Crippen LogP contribution in [0.3, 0.4) is 0 Å². The number of aliphatic hydroxyl groups is 1. The van der Waals surface area contributed by atoms with Crippen LogP contribution in [0, 0.1) is 0 Å². The van der Waals surface area contributed by atoms with Crippen LogP contribution in [0.15, 0.2) is 21.9 Å². The Bertz CT molecular complexity index is 1070. The molecule has 1 aliphatic rings. The third kappa shape index (κ3) is 6.79. The van der Waals surface area contributed by atoms with Gasteiger partial charge in [-0.05, 0) is 0 Å². The number of alkyl halides is 2. The first-order chi connectivity index (χ1) is 14.0. The molecule has 0 amide bonds. The summed E-state index contributed by atoms with van der Waals surface area (Å²) in [7, 11) is -16.9. The standard InChI is InChI=1S/C10H15Cl2N2O14P3/c11-3-10(4-25-30(21,22)28-31(23,24)27-29(18,19)20)7(16)6(12)8(26-10)14-2-1-5(15)13-9(14)17/h1-2,6-8,16H,3-4H2,(H,21,22)(H,23,24)(H,13,15,17)(H2,18,19,20)/t6-,7+,8-,10-/m1/s1. The van der Waals surface area contributed by atoms with Gasteiger partial charge in [0.2, 0.25) is 0 Å². The Kier molecular flexibility index (Phi) is 8.18. The first-order valence-electron chi connectivity index (χ1n) is 7.67. The maximum atomic E-state index is 11.9. The first kappa shape index (κ1) is 26.8. The fourth-order valence-electron chi connectivity index (χ4n) is 2.42. The third-order valence-corrected chi connectivity index (χ3v) is 8.40. The summed E-state index contributed by atoms with van der Waals surface area (Å²) in [5.41, 5.74) is -3.77. The highest BCUT2D eigenvalue weighted by Crippen LogP contribution is 2.66. The van der Waals surface area contributed by atoms with Crippen molar-refractivity contribution in [2.24, 2.45) is 0 Å². The van der Waals surface area contributed by atoms with Gasteiger partial charge in [0.1, 0.15) is 17.1 Å². The minimum Gasteiger partial charge on any atom is -0.388 e. The first-order valence-corrected chi connectivity index (χ1v) is 13.2. The quantitative estimate of drug-likeness (QED) is 0.165. The van der Waals surface area contributed by atoms with E-state index in [9.17, 15) is 33.3 Å². The van der Waals surface area contributed by atoms with Gasteiger partial charge < -0.3 is 29.4 Å². The second kappa shape index (κ2) is 9.45. The van der Waals surface area contributed by atoms with Crippen molar-refractivity contribution in [1.82, 2.24) is 9.55 Å². The highest BCUT2D eigenvalue weighted by molar-refractivity contribution is 7.66. The Morgan fingerprint density at radius 3 is 2.29 bits per heavy atom. The number of ether oxygens (including phenoxy) is 1. The number of nitrogens with one attached hydrogen (secondary N) is 1. The lowest BCUT2D eigenvalue weighted by atomic mass is 10.00. The fraction of sp³-hybridized carbons (Fsp3) is 0.600. The molecule has 1 aromatic heterocycles. The number of rotatable bonds is 9. The van der Waals surface area contributed by atoms with Crippen LogP contribution in [0.1, 0.15) is 6.23 Å². The van der Waals surface area contributed by atoms with Crippen molar-refractivity contribution >= 4 is 46.7 Å². The van der Waals surface area contributed by atoms with Crippen molar-refractivity contribution in [2.75, 3.05) is 12.5 Å². The minimum absolute atomic E-state index is 0.651. The second-order valence-corrected chi connectivity index (χ2v) is 11.2. The molecular weight excluding hydrogens is 536 g/mol. The van der Waals surface area contributed by atoms with Crippen molar-refractivity contribution < 1.29 is 56.3 Å². The molecule has 1 saturated heterocycles. The Labute approximate surface area is 181 Å². The average Bonchev–Trinajstić information content (AvgIpc) is 2.82. The molecule has 2 heterocycles. The zero-order valence-electron chi connectivity index (χ0n) is 14.8. The predicted octanol–water partition coefficient (Wildman–Crippen LogP) is -0.645. The summed E-state index contributed by atoms with van der Waals surface area (Å²) in [5, 5.41) is 9.02. The van der Waals surface area contributed by atoms with Crippen LogP contribution < -0.4 is 11.2 Å². The molecule has 2 rings (SSSR count). The second-order valence-electron chi connectivity index (χ2n) is 5.98. The largest absolute Gasteiger partial charge is 0.490 e. The van der Waals surface area contributed by atoms with Crippen LogP contribution in [-0.4, -0.2) is 63.8 Å². The monoisotopic (exact) mass is 550 g/mol. The van der Waals surface area contributed by atoms with E-state index in [1.807, 2.05) is 4.98 Å². The molecule has 16 nitrogen and oxygen atoms in total.